The van der Waals surface area contributed by atoms with Crippen LogP contribution in [0.1, 0.15) is 263 Å². The van der Waals surface area contributed by atoms with E-state index in [1.807, 2.05) is 256 Å². The third-order valence-electron chi connectivity index (χ3n) is 20.2. The van der Waals surface area contributed by atoms with E-state index in [0.29, 0.717) is 24.5 Å². The molecule has 142 heavy (non-hydrogen) atoms. The molecule has 0 aromatic heterocycles. The number of carbonyl (C=O) groups excluding carboxylic acids is 11. The molecule has 16 nitrogen and oxygen atoms in total. The lowest BCUT2D eigenvalue weighted by atomic mass is 9.95. The summed E-state index contributed by atoms with van der Waals surface area (Å²) < 4.78 is 43.8. The Labute approximate surface area is 849 Å². The number of nitrogens with two attached hydrogens (primary N) is 2. The highest BCUT2D eigenvalue weighted by Crippen LogP contribution is 2.37. The van der Waals surface area contributed by atoms with Crippen molar-refractivity contribution in [2.24, 2.45) is 11.5 Å². The molecule has 0 aliphatic rings. The van der Waals surface area contributed by atoms with Gasteiger partial charge in [-0.2, -0.15) is 13.2 Å². The van der Waals surface area contributed by atoms with Gasteiger partial charge in [0.05, 0.1) is 31.4 Å². The normalized spacial score (nSPS) is 10.9. The lowest BCUT2D eigenvalue weighted by Gasteiger charge is -2.13. The minimum atomic E-state index is -4.52. The molecule has 11 rings (SSSR count). The van der Waals surface area contributed by atoms with Crippen LogP contribution in [0.2, 0.25) is 0 Å². The standard InChI is InChI=1S/C12H17NO.C12H16O2.2C12H16O.C12H12O.C11H11F3O2.C11H15NO.C11H12O2.C10H9BrO.C10H10O.C9H10O/c1-10(14)9-12(13)8-7-11-5-3-2-4-6-11;1-10(14)3-2-4-11-5-7-12(9-13)8-6-11;1-8(2)12-7-11(10(4)13)6-5-9(12)3;2*1-11(13)7-5-6-10-12-8-3-2-4-9-12;1-3-16-10-5-4-8(7(2)15)6-9(10)11(12,13)14;1-9(13)11(12)8-7-10-5-3-2-4-6-10;1-9(13)2-3-10-4-6-11(8-12)7-5-10;1-8(12)5-6-9-3-2-4-10(11)7-9;1-9(11)7-8-10-5-3-2-4-6-10;1-7-3-5-9(6-4-7)8(2)10/h2-6,12H,7-9,13H2,1H3;5-8,13H,2-4,9H2,1H3;5-8H,1-4H3;2-4,8-9H,5-7,10H2,1H3;2-10H,1H3;4-6H,3H2,1-2H3;2-6,11H,7-8,12H2,1H3;2-7,12H,8H2,1H3;2-7H,1H3;2-8H,1H3;3-6H,1-2H3/b;;;;7-5+,10-6+;;;3-2+;6-5+;8-7+;. The molecule has 20 heteroatoms. The van der Waals surface area contributed by atoms with Gasteiger partial charge in [0.1, 0.15) is 28.9 Å². The second-order valence-corrected chi connectivity index (χ2v) is 34.6. The molecule has 0 amide bonds. The van der Waals surface area contributed by atoms with Crippen LogP contribution < -0.4 is 16.2 Å². The van der Waals surface area contributed by atoms with Crippen LogP contribution in [-0.2, 0) is 83.4 Å². The Kier molecular flexibility index (Phi) is 67.0. The summed E-state index contributed by atoms with van der Waals surface area (Å²) in [5.74, 6) is 1.12. The number of alkyl halides is 3. The monoisotopic (exact) mass is 2000 g/mol. The number of aryl methyl sites for hydroxylation is 6. The van der Waals surface area contributed by atoms with Crippen molar-refractivity contribution in [2.75, 3.05) is 6.61 Å². The number of rotatable bonds is 35. The highest BCUT2D eigenvalue weighted by molar-refractivity contribution is 9.10. The molecule has 0 saturated carbocycles. The van der Waals surface area contributed by atoms with Crippen LogP contribution in [0.5, 0.6) is 5.75 Å². The van der Waals surface area contributed by atoms with Crippen molar-refractivity contribution in [1.82, 2.24) is 0 Å². The largest absolute Gasteiger partial charge is 0.493 e. The number of ketones is 11. The third-order valence-corrected chi connectivity index (χ3v) is 20.7. The molecule has 0 radical (unpaired) electrons. The van der Waals surface area contributed by atoms with Gasteiger partial charge >= 0.3 is 6.18 Å². The fraction of sp³-hybridized carbons (Fsp3) is 0.287. The molecule has 0 bridgehead atoms. The summed E-state index contributed by atoms with van der Waals surface area (Å²) in [4.78, 5) is 118. The zero-order valence-electron chi connectivity index (χ0n) is 85.2. The zero-order chi connectivity index (χ0) is 106. The minimum Gasteiger partial charge on any atom is -0.493 e. The van der Waals surface area contributed by atoms with E-state index >= 15 is 0 Å². The number of carbonyl (C=O) groups is 11. The fourth-order valence-electron chi connectivity index (χ4n) is 12.3. The average molecular weight is 2000 g/mol. The summed E-state index contributed by atoms with van der Waals surface area (Å²) in [7, 11) is 0. The molecular weight excluding hydrogens is 1850 g/mol. The molecule has 6 N–H and O–H groups in total. The molecule has 0 saturated heterocycles. The van der Waals surface area contributed by atoms with E-state index in [1.165, 1.54) is 91.8 Å². The summed E-state index contributed by atoms with van der Waals surface area (Å²) in [5, 5.41) is 17.6. The van der Waals surface area contributed by atoms with Crippen LogP contribution in [0.25, 0.3) is 24.3 Å². The molecule has 0 fully saturated rings. The summed E-state index contributed by atoms with van der Waals surface area (Å²) in [6.45, 7) is 27.2. The van der Waals surface area contributed by atoms with Crippen molar-refractivity contribution < 1.29 is 80.9 Å². The van der Waals surface area contributed by atoms with Gasteiger partial charge in [-0.1, -0.05) is 321 Å². The highest BCUT2D eigenvalue weighted by atomic mass is 79.9. The van der Waals surface area contributed by atoms with E-state index in [9.17, 15) is 65.9 Å². The SMILES string of the molecule is CC(=O)/C=C/C=C/c1ccccc1.CC(=O)/C=C/c1ccc(CO)cc1.CC(=O)/C=C/c1cccc(Br)c1.CC(=O)/C=C/c1ccccc1.CC(=O)C(N)CCc1ccccc1.CC(=O)CC(N)CCc1ccccc1.CC(=O)CCCCc1ccccc1.CC(=O)CCCc1ccc(CO)cc1.CC(=O)c1ccc(C)c(C(C)C)c1.CC(=O)c1ccc(C)cc1.CCOc1ccc(C(C)=O)cc1C(F)(F)F. The predicted molar refractivity (Wildman–Crippen MR) is 579 cm³/mol. The molecule has 2 atom stereocenters. The van der Waals surface area contributed by atoms with E-state index in [-0.39, 0.29) is 95.3 Å². The molecule has 0 aliphatic carbocycles. The number of hydrogen-bond acceptors (Lipinski definition) is 16. The number of ether oxygens (including phenoxy) is 1. The van der Waals surface area contributed by atoms with E-state index in [0.717, 1.165) is 119 Å². The maximum absolute atomic E-state index is 12.6. The fourth-order valence-corrected chi connectivity index (χ4v) is 12.7. The van der Waals surface area contributed by atoms with Crippen molar-refractivity contribution in [3.05, 3.63) is 421 Å². The first kappa shape index (κ1) is 126. The average Bonchev–Trinajstić information content (AvgIpc) is 0.809. The van der Waals surface area contributed by atoms with Crippen LogP contribution in [0, 0.1) is 13.8 Å². The lowest BCUT2D eigenvalue weighted by molar-refractivity contribution is -0.139. The van der Waals surface area contributed by atoms with Gasteiger partial charge in [-0.3, -0.25) is 43.2 Å². The van der Waals surface area contributed by atoms with E-state index in [1.54, 1.807) is 84.9 Å². The Hall–Kier alpha value is -13.6. The molecule has 0 aliphatic heterocycles. The predicted octanol–water partition coefficient (Wildman–Crippen LogP) is 27.3. The molecule has 11 aromatic carbocycles. The van der Waals surface area contributed by atoms with Crippen molar-refractivity contribution >= 4 is 104 Å². The lowest BCUT2D eigenvalue weighted by Crippen LogP contribution is -2.28. The van der Waals surface area contributed by atoms with Crippen LogP contribution in [0.3, 0.4) is 0 Å². The van der Waals surface area contributed by atoms with Crippen molar-refractivity contribution in [1.29, 1.82) is 0 Å². The van der Waals surface area contributed by atoms with Crippen molar-refractivity contribution in [3.63, 3.8) is 0 Å². The third kappa shape index (κ3) is 65.4. The van der Waals surface area contributed by atoms with Crippen LogP contribution in [0.15, 0.2) is 326 Å². The summed E-state index contributed by atoms with van der Waals surface area (Å²) >= 11 is 3.35. The quantitative estimate of drug-likeness (QED) is 0.0124. The Morgan fingerprint density at radius 2 is 0.761 bits per heavy atom. The second kappa shape index (κ2) is 75.3. The van der Waals surface area contributed by atoms with Gasteiger partial charge < -0.3 is 36.0 Å². The number of halogens is 4. The van der Waals surface area contributed by atoms with Gasteiger partial charge in [0.25, 0.3) is 0 Å². The molecule has 11 aromatic rings. The summed E-state index contributed by atoms with van der Waals surface area (Å²) in [6, 6.07) is 89.9. The van der Waals surface area contributed by atoms with Crippen LogP contribution >= 0.6 is 15.9 Å². The molecule has 0 spiro atoms. The number of allylic oxidation sites excluding steroid dienone is 6. The number of benzene rings is 11. The van der Waals surface area contributed by atoms with Gasteiger partial charge in [0, 0.05) is 46.5 Å². The Morgan fingerprint density at radius 1 is 0.380 bits per heavy atom. The number of unbranched alkanes of at least 4 members (excludes halogenated alkanes) is 1. The number of hydrogen-bond donors (Lipinski definition) is 4. The first-order chi connectivity index (χ1) is 67.4. The molecule has 0 heterocycles. The van der Waals surface area contributed by atoms with Crippen LogP contribution in [-0.4, -0.2) is 92.5 Å². The Balaban J connectivity index is 0.000000782. The maximum Gasteiger partial charge on any atom is 0.419 e. The zero-order valence-corrected chi connectivity index (χ0v) is 86.8. The smallest absolute Gasteiger partial charge is 0.419 e. The number of Topliss-reactive ketones (excluding diaryl/α,β-unsaturated/α-hetero) is 7. The Bertz CT molecular complexity index is 5700. The number of aliphatic hydroxyl groups is 2. The van der Waals surface area contributed by atoms with Crippen molar-refractivity contribution in [3.8, 4) is 5.75 Å². The van der Waals surface area contributed by atoms with Gasteiger partial charge in [0.15, 0.2) is 40.5 Å². The first-order valence-electron chi connectivity index (χ1n) is 47.3. The van der Waals surface area contributed by atoms with E-state index in [2.05, 4.69) is 73.1 Å². The Morgan fingerprint density at radius 3 is 1.18 bits per heavy atom. The highest BCUT2D eigenvalue weighted by Gasteiger charge is 2.35. The molecule has 754 valence electrons. The van der Waals surface area contributed by atoms with Gasteiger partial charge in [0.2, 0.25) is 0 Å². The minimum absolute atomic E-state index is 0.00714. The molecule has 2 unspecified atom stereocenters. The van der Waals surface area contributed by atoms with Gasteiger partial charge in [-0.05, 0) is 288 Å². The second-order valence-electron chi connectivity index (χ2n) is 33.7. The number of aliphatic hydroxyl groups excluding tert-OH is 2. The summed E-state index contributed by atoms with van der Waals surface area (Å²) in [6.07, 6.45) is 23.0. The van der Waals surface area contributed by atoms with E-state index in [4.69, 9.17) is 26.4 Å². The van der Waals surface area contributed by atoms with Crippen molar-refractivity contribution in [2.45, 2.75) is 225 Å². The van der Waals surface area contributed by atoms with Gasteiger partial charge in [-0.15, -0.1) is 0 Å². The maximum atomic E-state index is 12.6. The van der Waals surface area contributed by atoms with Crippen LogP contribution in [0.4, 0.5) is 13.2 Å². The summed E-state index contributed by atoms with van der Waals surface area (Å²) in [5.41, 5.74) is 26.9. The topological polar surface area (TPSA) is 290 Å². The van der Waals surface area contributed by atoms with Gasteiger partial charge in [-0.25, -0.2) is 0 Å². The van der Waals surface area contributed by atoms with E-state index < -0.39 is 17.5 Å². The first-order valence-corrected chi connectivity index (χ1v) is 48.1. The molecular formula is C122H144BrF3N2O14.